The second-order valence-electron chi connectivity index (χ2n) is 21.6. The van der Waals surface area contributed by atoms with Gasteiger partial charge in [0.2, 0.25) is 11.9 Å². The van der Waals surface area contributed by atoms with Crippen LogP contribution in [0.3, 0.4) is 0 Å². The Morgan fingerprint density at radius 1 is 0.892 bits per heavy atom. The summed E-state index contributed by atoms with van der Waals surface area (Å²) in [5, 5.41) is 40.5. The summed E-state index contributed by atoms with van der Waals surface area (Å²) < 4.78 is 63.7. The number of anilines is 1. The average Bonchev–Trinajstić information content (AvgIpc) is 3.84. The summed E-state index contributed by atoms with van der Waals surface area (Å²) in [4.78, 5) is 84.2. The predicted molar refractivity (Wildman–Crippen MR) is 257 cm³/mol. The summed E-state index contributed by atoms with van der Waals surface area (Å²) in [6.45, 7) is 23.9. The van der Waals surface area contributed by atoms with Crippen molar-refractivity contribution >= 4 is 58.4 Å². The number of likely N-dealkylation sites (tertiary alicyclic amines) is 1. The van der Waals surface area contributed by atoms with Crippen LogP contribution >= 0.6 is 11.3 Å². The SMILES string of the molecule is CC(C)(C)OC(=O)NCC(O)Cn1cc(-c2ccc3c(c2)CC[C@H](C(C)(O/N=C(\C(=O)O)c2csc(NC(=O)OC(C)(C)C)n2)C(=O)OC(C)(C)C)O3)c[n+]1CC1CN(C(=O)OC(C)(C)C)C1.O=C([O-])C(F)(F)F. The van der Waals surface area contributed by atoms with Gasteiger partial charge in [0.05, 0.1) is 23.8 Å². The van der Waals surface area contributed by atoms with Gasteiger partial charge in [-0.25, -0.2) is 29.0 Å². The number of rotatable bonds is 14. The number of aliphatic carboxylic acids is 2. The maximum absolute atomic E-state index is 13.9. The fraction of sp³-hybridized carbons (Fsp3) is 0.604. The summed E-state index contributed by atoms with van der Waals surface area (Å²) in [6, 6.07) is 5.61. The molecule has 410 valence electrons. The summed E-state index contributed by atoms with van der Waals surface area (Å²) in [7, 11) is 0. The number of aliphatic hydroxyl groups is 1. The summed E-state index contributed by atoms with van der Waals surface area (Å²) in [6.07, 6.45) is -4.40. The van der Waals surface area contributed by atoms with Crippen LogP contribution in [-0.2, 0) is 57.7 Å². The number of fused-ring (bicyclic) bond motifs is 1. The molecule has 2 aliphatic rings. The van der Waals surface area contributed by atoms with E-state index in [4.69, 9.17) is 38.4 Å². The lowest BCUT2D eigenvalue weighted by Gasteiger charge is -2.38. The van der Waals surface area contributed by atoms with Gasteiger partial charge in [0.25, 0.3) is 5.60 Å². The first-order chi connectivity index (χ1) is 33.8. The van der Waals surface area contributed by atoms with Crippen LogP contribution in [0.5, 0.6) is 5.75 Å². The lowest BCUT2D eigenvalue weighted by atomic mass is 9.89. The number of esters is 1. The maximum Gasteiger partial charge on any atom is 0.430 e. The molecule has 26 heteroatoms. The van der Waals surface area contributed by atoms with Gasteiger partial charge < -0.3 is 58.9 Å². The van der Waals surface area contributed by atoms with Gasteiger partial charge in [-0.1, -0.05) is 11.2 Å². The fourth-order valence-corrected chi connectivity index (χ4v) is 7.60. The molecule has 1 aromatic carbocycles. The van der Waals surface area contributed by atoms with E-state index >= 15 is 0 Å². The van der Waals surface area contributed by atoms with E-state index in [9.17, 15) is 47.4 Å². The minimum absolute atomic E-state index is 0.0520. The Morgan fingerprint density at radius 2 is 1.47 bits per heavy atom. The number of halogens is 3. The largest absolute Gasteiger partial charge is 0.542 e. The third-order valence-corrected chi connectivity index (χ3v) is 10.9. The molecule has 0 spiro atoms. The van der Waals surface area contributed by atoms with Gasteiger partial charge >= 0.3 is 36.4 Å². The van der Waals surface area contributed by atoms with Gasteiger partial charge in [-0.3, -0.25) is 5.32 Å². The second-order valence-corrected chi connectivity index (χ2v) is 22.5. The predicted octanol–water partition coefficient (Wildman–Crippen LogP) is 5.60. The molecule has 74 heavy (non-hydrogen) atoms. The second kappa shape index (κ2) is 23.2. The Balaban J connectivity index is 0.00000158. The van der Waals surface area contributed by atoms with Gasteiger partial charge in [0, 0.05) is 25.0 Å². The van der Waals surface area contributed by atoms with Crippen molar-refractivity contribution in [3.8, 4) is 16.9 Å². The van der Waals surface area contributed by atoms with E-state index in [0.29, 0.717) is 31.8 Å². The number of oxime groups is 1. The van der Waals surface area contributed by atoms with Crippen LogP contribution in [0.15, 0.2) is 41.1 Å². The molecule has 2 aromatic heterocycles. The number of thiazole rings is 1. The zero-order valence-corrected chi connectivity index (χ0v) is 44.4. The van der Waals surface area contributed by atoms with Crippen LogP contribution < -0.4 is 25.2 Å². The number of amides is 3. The monoisotopic (exact) mass is 1070 g/mol. The lowest BCUT2D eigenvalue weighted by molar-refractivity contribution is -0.782. The topological polar surface area (TPSA) is 283 Å². The van der Waals surface area contributed by atoms with Crippen molar-refractivity contribution in [2.24, 2.45) is 11.1 Å². The Bertz CT molecular complexity index is 2530. The highest BCUT2D eigenvalue weighted by Crippen LogP contribution is 2.37. The molecule has 1 fully saturated rings. The Hall–Kier alpha value is -6.70. The van der Waals surface area contributed by atoms with Crippen molar-refractivity contribution in [1.82, 2.24) is 19.9 Å². The number of carbonyl (C=O) groups is 6. The normalized spacial score (nSPS) is 16.6. The van der Waals surface area contributed by atoms with Crippen molar-refractivity contribution in [2.45, 2.75) is 162 Å². The highest BCUT2D eigenvalue weighted by molar-refractivity contribution is 7.14. The number of alkyl carbamates (subject to hydrolysis) is 1. The summed E-state index contributed by atoms with van der Waals surface area (Å²) >= 11 is 0.946. The molecule has 22 nitrogen and oxygen atoms in total. The Kier molecular flexibility index (Phi) is 18.8. The first kappa shape index (κ1) is 59.9. The van der Waals surface area contributed by atoms with Crippen LogP contribution in [-0.4, -0.2) is 133 Å². The van der Waals surface area contributed by atoms with Crippen LogP contribution in [0.2, 0.25) is 0 Å². The first-order valence-electron chi connectivity index (χ1n) is 23.3. The molecule has 4 heterocycles. The van der Waals surface area contributed by atoms with E-state index in [-0.39, 0.29) is 42.3 Å². The number of carboxylic acid groups (broad SMARTS) is 2. The van der Waals surface area contributed by atoms with Crippen LogP contribution in [0, 0.1) is 5.92 Å². The third-order valence-electron chi connectivity index (χ3n) is 10.1. The number of aliphatic hydroxyl groups excluding tert-OH is 1. The Morgan fingerprint density at radius 3 is 2.03 bits per heavy atom. The molecule has 3 aromatic rings. The number of alkyl halides is 3. The van der Waals surface area contributed by atoms with Gasteiger partial charge in [-0.2, -0.15) is 17.9 Å². The van der Waals surface area contributed by atoms with Gasteiger partial charge in [-0.05, 0) is 126 Å². The molecule has 0 saturated carbocycles. The minimum atomic E-state index is -5.19. The molecule has 4 N–H and O–H groups in total. The lowest BCUT2D eigenvalue weighted by Crippen LogP contribution is -2.58. The number of ether oxygens (including phenoxy) is 5. The van der Waals surface area contributed by atoms with Crippen LogP contribution in [0.25, 0.3) is 11.1 Å². The van der Waals surface area contributed by atoms with E-state index in [1.54, 1.807) is 73.3 Å². The highest BCUT2D eigenvalue weighted by Gasteiger charge is 2.51. The minimum Gasteiger partial charge on any atom is -0.542 e. The molecule has 1 saturated heterocycles. The average molecular weight is 1070 g/mol. The van der Waals surface area contributed by atoms with Crippen molar-refractivity contribution in [3.63, 3.8) is 0 Å². The third kappa shape index (κ3) is 18.3. The Labute approximate surface area is 430 Å². The number of aromatic nitrogens is 3. The molecule has 2 aliphatic heterocycles. The number of nitrogens with zero attached hydrogens (tertiary/aromatic N) is 5. The smallest absolute Gasteiger partial charge is 0.430 e. The zero-order chi connectivity index (χ0) is 55.9. The fourth-order valence-electron chi connectivity index (χ4n) is 6.92. The van der Waals surface area contributed by atoms with E-state index in [2.05, 4.69) is 20.8 Å². The number of carbonyl (C=O) groups excluding carboxylic acids is 5. The number of carboxylic acids is 2. The van der Waals surface area contributed by atoms with Crippen molar-refractivity contribution in [3.05, 3.63) is 47.2 Å². The molecular weight excluding hydrogens is 1000 g/mol. The zero-order valence-electron chi connectivity index (χ0n) is 43.6. The number of hydrogen-bond donors (Lipinski definition) is 4. The molecule has 0 aliphatic carbocycles. The van der Waals surface area contributed by atoms with E-state index in [1.807, 2.05) is 54.7 Å². The van der Waals surface area contributed by atoms with Crippen molar-refractivity contribution in [2.75, 3.05) is 25.0 Å². The van der Waals surface area contributed by atoms with Gasteiger partial charge in [0.1, 0.15) is 46.4 Å². The molecule has 2 unspecified atom stereocenters. The number of hydrogen-bond acceptors (Lipinski definition) is 17. The van der Waals surface area contributed by atoms with Crippen molar-refractivity contribution in [1.29, 1.82) is 0 Å². The van der Waals surface area contributed by atoms with Crippen LogP contribution in [0.1, 0.15) is 108 Å². The van der Waals surface area contributed by atoms with E-state index in [1.165, 1.54) is 12.3 Å². The molecule has 3 atom stereocenters. The van der Waals surface area contributed by atoms with E-state index in [0.717, 1.165) is 28.0 Å². The number of benzene rings is 1. The van der Waals surface area contributed by atoms with Crippen LogP contribution in [0.4, 0.5) is 32.7 Å². The van der Waals surface area contributed by atoms with E-state index < -0.39 is 82.2 Å². The van der Waals surface area contributed by atoms with Gasteiger partial charge in [-0.15, -0.1) is 16.0 Å². The molecule has 3 amide bonds. The van der Waals surface area contributed by atoms with Gasteiger partial charge in [0.15, 0.2) is 17.8 Å². The number of aryl methyl sites for hydroxylation is 1. The molecule has 0 radical (unpaired) electrons. The molecular formula is C48H66F3N7O15S. The molecule has 0 bridgehead atoms. The number of nitrogens with one attached hydrogen (secondary N) is 2. The first-order valence-corrected chi connectivity index (χ1v) is 24.2. The summed E-state index contributed by atoms with van der Waals surface area (Å²) in [5.41, 5.74) is -3.25. The van der Waals surface area contributed by atoms with Crippen molar-refractivity contribution < 1.29 is 90.5 Å². The molecule has 5 rings (SSSR count). The quantitative estimate of drug-likeness (QED) is 0.0503. The maximum atomic E-state index is 13.9. The highest BCUT2D eigenvalue weighted by atomic mass is 32.1. The standard InChI is InChI=1S/C46H65N7O13S.C2HF3O2/c1-42(2,3)62-37(57)46(13,66-50-35(36(55)56)32-26-67-38(48-32)49-40(59)64-44(7,8)9)34-17-15-29-18-28(14-16-33(29)61-34)30-23-52(22-27-20-51(21-27)41(60)65-45(10,11)12)53(24-30)25-31(54)19-47-39(58)63-43(4,5)6;3-2(4,5)1(6)7/h14,16,18,23-24,26-27,31,34,54H,15,17,19-22,25H2,1-13H3,(H2-,47,48,49,55,56,58,59);(H,6,7)/b50-35-;/t31?,34-,46?;/m1./s1. The summed E-state index contributed by atoms with van der Waals surface area (Å²) in [5.74, 6) is -4.76.